The molecule has 9 heteroatoms. The quantitative estimate of drug-likeness (QED) is 0.230. The Morgan fingerprint density at radius 3 is 2.59 bits per heavy atom. The number of nitrogens with two attached hydrogens (primary N) is 1. The fourth-order valence-corrected chi connectivity index (χ4v) is 4.09. The van der Waals surface area contributed by atoms with Crippen LogP contribution in [0.4, 0.5) is 4.39 Å². The predicted molar refractivity (Wildman–Crippen MR) is 122 cm³/mol. The summed E-state index contributed by atoms with van der Waals surface area (Å²) < 4.78 is 14.5. The van der Waals surface area contributed by atoms with Gasteiger partial charge >= 0.3 is 0 Å². The summed E-state index contributed by atoms with van der Waals surface area (Å²) in [7, 11) is 0. The average molecular weight is 444 g/mol. The van der Waals surface area contributed by atoms with Crippen molar-refractivity contribution in [1.82, 2.24) is 25.1 Å². The Kier molecular flexibility index (Phi) is 5.16. The SMILES string of the molecule is Nn1c(SCC(=O)c2ccc3ccccc3c2)nnc1-c1cc(-c2ccc(F)cc2)n[nH]1. The van der Waals surface area contributed by atoms with Crippen molar-refractivity contribution < 1.29 is 9.18 Å². The first kappa shape index (κ1) is 20.0. The summed E-state index contributed by atoms with van der Waals surface area (Å²) in [4.78, 5) is 12.7. The zero-order valence-electron chi connectivity index (χ0n) is 16.7. The molecule has 3 N–H and O–H groups in total. The van der Waals surface area contributed by atoms with E-state index in [0.29, 0.717) is 27.9 Å². The lowest BCUT2D eigenvalue weighted by molar-refractivity contribution is 0.102. The van der Waals surface area contributed by atoms with Crippen LogP contribution in [0.15, 0.2) is 78.0 Å². The zero-order chi connectivity index (χ0) is 22.1. The first-order valence-electron chi connectivity index (χ1n) is 9.75. The predicted octanol–water partition coefficient (Wildman–Crippen LogP) is 4.32. The maximum absolute atomic E-state index is 13.1. The van der Waals surface area contributed by atoms with E-state index < -0.39 is 0 Å². The highest BCUT2D eigenvalue weighted by molar-refractivity contribution is 7.99. The maximum atomic E-state index is 13.1. The van der Waals surface area contributed by atoms with Gasteiger partial charge in [0.2, 0.25) is 11.0 Å². The van der Waals surface area contributed by atoms with Gasteiger partial charge in [-0.3, -0.25) is 9.89 Å². The number of rotatable bonds is 6. The van der Waals surface area contributed by atoms with E-state index in [0.717, 1.165) is 16.3 Å². The molecule has 0 atom stereocenters. The van der Waals surface area contributed by atoms with Gasteiger partial charge in [-0.1, -0.05) is 48.2 Å². The van der Waals surface area contributed by atoms with Crippen LogP contribution in [0.1, 0.15) is 10.4 Å². The molecule has 158 valence electrons. The van der Waals surface area contributed by atoms with Crippen molar-refractivity contribution in [3.05, 3.63) is 84.2 Å². The molecule has 0 spiro atoms. The van der Waals surface area contributed by atoms with E-state index in [2.05, 4.69) is 20.4 Å². The Balaban J connectivity index is 1.31. The van der Waals surface area contributed by atoms with Gasteiger partial charge in [-0.25, -0.2) is 9.07 Å². The monoisotopic (exact) mass is 444 g/mol. The Morgan fingerprint density at radius 1 is 1.00 bits per heavy atom. The summed E-state index contributed by atoms with van der Waals surface area (Å²) in [5.74, 6) is 6.39. The number of ketones is 1. The van der Waals surface area contributed by atoms with Crippen LogP contribution in [0.2, 0.25) is 0 Å². The number of carbonyl (C=O) groups is 1. The minimum absolute atomic E-state index is 0.0227. The number of aromatic nitrogens is 5. The van der Waals surface area contributed by atoms with Crippen LogP contribution in [0.5, 0.6) is 0 Å². The fraction of sp³-hybridized carbons (Fsp3) is 0.0435. The van der Waals surface area contributed by atoms with Crippen LogP contribution < -0.4 is 5.84 Å². The van der Waals surface area contributed by atoms with E-state index in [4.69, 9.17) is 5.84 Å². The summed E-state index contributed by atoms with van der Waals surface area (Å²) in [6.45, 7) is 0. The second kappa shape index (κ2) is 8.27. The number of fused-ring (bicyclic) bond motifs is 1. The lowest BCUT2D eigenvalue weighted by atomic mass is 10.1. The number of thioether (sulfide) groups is 1. The molecule has 2 heterocycles. The molecule has 0 aliphatic rings. The molecule has 7 nitrogen and oxygen atoms in total. The molecule has 0 unspecified atom stereocenters. The van der Waals surface area contributed by atoms with Crippen LogP contribution in [-0.2, 0) is 0 Å². The second-order valence-electron chi connectivity index (χ2n) is 7.12. The molecule has 5 aromatic rings. The van der Waals surface area contributed by atoms with Crippen molar-refractivity contribution in [2.24, 2.45) is 0 Å². The molecule has 0 bridgehead atoms. The lowest BCUT2D eigenvalue weighted by Gasteiger charge is -2.04. The minimum Gasteiger partial charge on any atom is -0.335 e. The Labute approximate surface area is 186 Å². The van der Waals surface area contributed by atoms with Gasteiger partial charge < -0.3 is 5.84 Å². The summed E-state index contributed by atoms with van der Waals surface area (Å²) in [5.41, 5.74) is 2.58. The molecule has 0 aliphatic carbocycles. The Hall–Kier alpha value is -3.98. The van der Waals surface area contributed by atoms with Gasteiger partial charge in [-0.15, -0.1) is 10.2 Å². The van der Waals surface area contributed by atoms with Crippen molar-refractivity contribution in [3.63, 3.8) is 0 Å². The van der Waals surface area contributed by atoms with Gasteiger partial charge in [0.1, 0.15) is 11.5 Å². The number of Topliss-reactive ketones (excluding diaryl/α,β-unsaturated/α-hetero) is 1. The first-order chi connectivity index (χ1) is 15.6. The van der Waals surface area contributed by atoms with E-state index in [1.165, 1.54) is 28.6 Å². The zero-order valence-corrected chi connectivity index (χ0v) is 17.5. The molecule has 0 saturated heterocycles. The molecule has 0 saturated carbocycles. The number of benzene rings is 3. The van der Waals surface area contributed by atoms with E-state index in [1.54, 1.807) is 18.2 Å². The largest absolute Gasteiger partial charge is 0.335 e. The standard InChI is InChI=1S/C23H17FN6OS/c24-18-9-7-15(8-10-18)19-12-20(27-26-19)22-28-29-23(30(22)25)32-13-21(31)17-6-5-14-3-1-2-4-16(14)11-17/h1-12H,13,25H2,(H,26,27). The Morgan fingerprint density at radius 2 is 1.78 bits per heavy atom. The van der Waals surface area contributed by atoms with Crippen LogP contribution in [0.3, 0.4) is 0 Å². The van der Waals surface area contributed by atoms with Gasteiger partial charge in [0.15, 0.2) is 5.78 Å². The Bertz CT molecular complexity index is 1430. The number of nitrogen functional groups attached to an aromatic ring is 1. The molecule has 2 aromatic heterocycles. The lowest BCUT2D eigenvalue weighted by Crippen LogP contribution is -2.13. The van der Waals surface area contributed by atoms with Crippen LogP contribution >= 0.6 is 11.8 Å². The van der Waals surface area contributed by atoms with Crippen LogP contribution in [0.25, 0.3) is 33.5 Å². The number of nitrogens with zero attached hydrogens (tertiary/aromatic N) is 4. The van der Waals surface area contributed by atoms with Gasteiger partial charge in [-0.05, 0) is 47.2 Å². The van der Waals surface area contributed by atoms with E-state index in [1.807, 2.05) is 42.5 Å². The van der Waals surface area contributed by atoms with Crippen molar-refractivity contribution in [2.45, 2.75) is 5.16 Å². The number of carbonyl (C=O) groups excluding carboxylic acids is 1. The third kappa shape index (κ3) is 3.85. The highest BCUT2D eigenvalue weighted by atomic mass is 32.2. The first-order valence-corrected chi connectivity index (χ1v) is 10.7. The summed E-state index contributed by atoms with van der Waals surface area (Å²) in [6, 6.07) is 21.3. The van der Waals surface area contributed by atoms with Crippen LogP contribution in [-0.4, -0.2) is 36.6 Å². The highest BCUT2D eigenvalue weighted by Gasteiger charge is 2.17. The normalized spacial score (nSPS) is 11.2. The molecule has 0 amide bonds. The number of hydrogen-bond donors (Lipinski definition) is 2. The third-order valence-electron chi connectivity index (χ3n) is 5.03. The van der Waals surface area contributed by atoms with Gasteiger partial charge in [-0.2, -0.15) is 5.10 Å². The molecule has 0 aliphatic heterocycles. The molecule has 0 fully saturated rings. The smallest absolute Gasteiger partial charge is 0.210 e. The summed E-state index contributed by atoms with van der Waals surface area (Å²) >= 11 is 1.21. The van der Waals surface area contributed by atoms with Gasteiger partial charge in [0, 0.05) is 11.1 Å². The third-order valence-corrected chi connectivity index (χ3v) is 5.97. The highest BCUT2D eigenvalue weighted by Crippen LogP contribution is 2.25. The van der Waals surface area contributed by atoms with E-state index in [-0.39, 0.29) is 17.4 Å². The minimum atomic E-state index is -0.314. The number of aromatic amines is 1. The van der Waals surface area contributed by atoms with Crippen molar-refractivity contribution in [3.8, 4) is 22.8 Å². The number of halogens is 1. The molecule has 32 heavy (non-hydrogen) atoms. The molecular formula is C23H17FN6OS. The summed E-state index contributed by atoms with van der Waals surface area (Å²) in [6.07, 6.45) is 0. The molecule has 3 aromatic carbocycles. The number of hydrogen-bond acceptors (Lipinski definition) is 6. The van der Waals surface area contributed by atoms with Crippen LogP contribution in [0, 0.1) is 5.82 Å². The van der Waals surface area contributed by atoms with Crippen molar-refractivity contribution >= 4 is 28.3 Å². The van der Waals surface area contributed by atoms with E-state index in [9.17, 15) is 9.18 Å². The molecule has 0 radical (unpaired) electrons. The maximum Gasteiger partial charge on any atom is 0.210 e. The van der Waals surface area contributed by atoms with Crippen molar-refractivity contribution in [2.75, 3.05) is 11.6 Å². The van der Waals surface area contributed by atoms with Gasteiger partial charge in [0.25, 0.3) is 0 Å². The fourth-order valence-electron chi connectivity index (χ4n) is 3.34. The topological polar surface area (TPSA) is 102 Å². The van der Waals surface area contributed by atoms with Crippen molar-refractivity contribution in [1.29, 1.82) is 0 Å². The summed E-state index contributed by atoms with van der Waals surface area (Å²) in [5, 5.41) is 17.8. The number of nitrogens with one attached hydrogen (secondary N) is 1. The molecular weight excluding hydrogens is 427 g/mol. The van der Waals surface area contributed by atoms with E-state index >= 15 is 0 Å². The van der Waals surface area contributed by atoms with Gasteiger partial charge in [0.05, 0.1) is 11.4 Å². The second-order valence-corrected chi connectivity index (χ2v) is 8.07. The average Bonchev–Trinajstić information content (AvgIpc) is 3.44. The molecule has 5 rings (SSSR count). The number of H-pyrrole nitrogens is 1.